The smallest absolute Gasteiger partial charge is 0.236 e. The van der Waals surface area contributed by atoms with Crippen molar-refractivity contribution in [2.24, 2.45) is 0 Å². The molecule has 1 aromatic carbocycles. The lowest BCUT2D eigenvalue weighted by atomic mass is 10.2. The maximum atomic E-state index is 12.4. The monoisotopic (exact) mass is 485 g/mol. The Balaban J connectivity index is 1.72. The summed E-state index contributed by atoms with van der Waals surface area (Å²) in [6.45, 7) is 1.25. The molecule has 0 radical (unpaired) electrons. The quantitative estimate of drug-likeness (QED) is 0.336. The van der Waals surface area contributed by atoms with Gasteiger partial charge in [-0.2, -0.15) is 0 Å². The second kappa shape index (κ2) is 11.0. The first-order valence-electron chi connectivity index (χ1n) is 8.89. The number of anilines is 1. The Labute approximate surface area is 193 Å². The zero-order chi connectivity index (χ0) is 21.5. The molecule has 7 nitrogen and oxygen atoms in total. The second-order valence-electron chi connectivity index (χ2n) is 6.13. The van der Waals surface area contributed by atoms with Crippen molar-refractivity contribution in [3.05, 3.63) is 51.6 Å². The Morgan fingerprint density at radius 3 is 2.63 bits per heavy atom. The zero-order valence-electron chi connectivity index (χ0n) is 15.9. The Bertz CT molecular complexity index is 1010. The van der Waals surface area contributed by atoms with Crippen LogP contribution >= 0.6 is 46.6 Å². The predicted octanol–water partition coefficient (Wildman–Crippen LogP) is 5.07. The van der Waals surface area contributed by atoms with Gasteiger partial charge in [-0.25, -0.2) is 4.98 Å². The molecule has 0 unspecified atom stereocenters. The summed E-state index contributed by atoms with van der Waals surface area (Å²) >= 11 is 19.1. The van der Waals surface area contributed by atoms with E-state index in [0.717, 1.165) is 12.0 Å². The number of aromatic nitrogens is 4. The molecule has 2 aromatic heterocycles. The van der Waals surface area contributed by atoms with Crippen molar-refractivity contribution in [1.82, 2.24) is 19.7 Å². The largest absolute Gasteiger partial charge is 0.385 e. The topological polar surface area (TPSA) is 81.9 Å². The van der Waals surface area contributed by atoms with Gasteiger partial charge in [0.05, 0.1) is 15.8 Å². The molecule has 1 amide bonds. The molecule has 2 heterocycles. The van der Waals surface area contributed by atoms with Gasteiger partial charge in [0.2, 0.25) is 5.91 Å². The van der Waals surface area contributed by atoms with Crippen molar-refractivity contribution in [2.75, 3.05) is 24.8 Å². The number of carbonyl (C=O) groups is 1. The fourth-order valence-electron chi connectivity index (χ4n) is 2.58. The van der Waals surface area contributed by atoms with E-state index in [0.29, 0.717) is 34.2 Å². The molecular weight excluding hydrogens is 469 g/mol. The van der Waals surface area contributed by atoms with Gasteiger partial charge in [-0.05, 0) is 36.8 Å². The maximum absolute atomic E-state index is 12.4. The lowest BCUT2D eigenvalue weighted by Gasteiger charge is -2.10. The van der Waals surface area contributed by atoms with Crippen LogP contribution in [0.2, 0.25) is 15.1 Å². The minimum absolute atomic E-state index is 0.115. The fraction of sp³-hybridized carbons (Fsp3) is 0.263. The van der Waals surface area contributed by atoms with E-state index in [1.807, 2.05) is 16.7 Å². The van der Waals surface area contributed by atoms with Gasteiger partial charge in [0.25, 0.3) is 0 Å². The third-order valence-electron chi connectivity index (χ3n) is 3.95. The number of methoxy groups -OCH3 is 1. The van der Waals surface area contributed by atoms with Crippen molar-refractivity contribution in [3.8, 4) is 11.4 Å². The first-order valence-corrected chi connectivity index (χ1v) is 11.0. The van der Waals surface area contributed by atoms with Crippen LogP contribution in [0.4, 0.5) is 5.82 Å². The van der Waals surface area contributed by atoms with Crippen LogP contribution in [0.15, 0.2) is 41.7 Å². The second-order valence-corrected chi connectivity index (χ2v) is 8.35. The van der Waals surface area contributed by atoms with Gasteiger partial charge in [-0.15, -0.1) is 10.2 Å². The summed E-state index contributed by atoms with van der Waals surface area (Å²) in [5.74, 6) is 0.809. The summed E-state index contributed by atoms with van der Waals surface area (Å²) in [6, 6.07) is 8.88. The van der Waals surface area contributed by atoms with Crippen LogP contribution in [-0.4, -0.2) is 45.1 Å². The number of hydrogen-bond acceptors (Lipinski definition) is 6. The minimum atomic E-state index is -0.267. The molecule has 0 spiro atoms. The molecule has 11 heteroatoms. The molecule has 3 aromatic rings. The van der Waals surface area contributed by atoms with Crippen LogP contribution in [0.5, 0.6) is 0 Å². The summed E-state index contributed by atoms with van der Waals surface area (Å²) in [5.41, 5.74) is 0.887. The molecule has 0 fully saturated rings. The predicted molar refractivity (Wildman–Crippen MR) is 121 cm³/mol. The average Bonchev–Trinajstić information content (AvgIpc) is 3.12. The highest BCUT2D eigenvalue weighted by Crippen LogP contribution is 2.26. The van der Waals surface area contributed by atoms with Crippen LogP contribution in [0.25, 0.3) is 11.4 Å². The molecule has 30 heavy (non-hydrogen) atoms. The van der Waals surface area contributed by atoms with E-state index in [9.17, 15) is 4.79 Å². The highest BCUT2D eigenvalue weighted by Gasteiger charge is 2.16. The summed E-state index contributed by atoms with van der Waals surface area (Å²) < 4.78 is 7.12. The number of carbonyl (C=O) groups excluding carboxylic acids is 1. The number of amides is 1. The van der Waals surface area contributed by atoms with E-state index >= 15 is 0 Å². The number of rotatable bonds is 9. The van der Waals surface area contributed by atoms with Gasteiger partial charge >= 0.3 is 0 Å². The van der Waals surface area contributed by atoms with E-state index in [1.165, 1.54) is 24.0 Å². The molecular formula is C19H18Cl3N5O2S. The standard InChI is InChI=1S/C19H18Cl3N5O2S/c1-29-8-2-7-27-18(12-3-5-13(20)6-4-12)25-26-19(27)30-11-16(28)24-17-15(22)9-14(21)10-23-17/h3-6,9-10H,2,7-8,11H2,1H3,(H,23,24,28). The molecule has 0 saturated carbocycles. The number of halogens is 3. The van der Waals surface area contributed by atoms with Gasteiger partial charge < -0.3 is 14.6 Å². The lowest BCUT2D eigenvalue weighted by molar-refractivity contribution is -0.113. The minimum Gasteiger partial charge on any atom is -0.385 e. The van der Waals surface area contributed by atoms with Crippen LogP contribution in [-0.2, 0) is 16.1 Å². The van der Waals surface area contributed by atoms with E-state index in [-0.39, 0.29) is 22.5 Å². The Morgan fingerprint density at radius 2 is 1.93 bits per heavy atom. The number of pyridine rings is 1. The van der Waals surface area contributed by atoms with Gasteiger partial charge in [-0.1, -0.05) is 46.6 Å². The number of nitrogens with one attached hydrogen (secondary N) is 1. The molecule has 0 atom stereocenters. The number of nitrogens with zero attached hydrogens (tertiary/aromatic N) is 4. The van der Waals surface area contributed by atoms with Crippen molar-refractivity contribution in [2.45, 2.75) is 18.1 Å². The highest BCUT2D eigenvalue weighted by atomic mass is 35.5. The van der Waals surface area contributed by atoms with E-state index in [4.69, 9.17) is 39.5 Å². The third kappa shape index (κ3) is 6.09. The number of ether oxygens (including phenoxy) is 1. The molecule has 1 N–H and O–H groups in total. The van der Waals surface area contributed by atoms with Crippen LogP contribution in [0, 0.1) is 0 Å². The SMILES string of the molecule is COCCCn1c(SCC(=O)Nc2ncc(Cl)cc2Cl)nnc1-c1ccc(Cl)cc1. The zero-order valence-corrected chi connectivity index (χ0v) is 19.0. The van der Waals surface area contributed by atoms with Crippen LogP contribution in [0.1, 0.15) is 6.42 Å². The summed E-state index contributed by atoms with van der Waals surface area (Å²) in [5, 5.41) is 13.2. The fourth-order valence-corrected chi connectivity index (χ4v) is 3.90. The highest BCUT2D eigenvalue weighted by molar-refractivity contribution is 7.99. The van der Waals surface area contributed by atoms with E-state index < -0.39 is 0 Å². The molecule has 0 aliphatic carbocycles. The van der Waals surface area contributed by atoms with Crippen LogP contribution in [0.3, 0.4) is 0 Å². The Kier molecular flexibility index (Phi) is 8.35. The molecule has 3 rings (SSSR count). The molecule has 158 valence electrons. The third-order valence-corrected chi connectivity index (χ3v) is 5.66. The van der Waals surface area contributed by atoms with Crippen molar-refractivity contribution < 1.29 is 9.53 Å². The molecule has 0 aliphatic rings. The maximum Gasteiger partial charge on any atom is 0.236 e. The molecule has 0 aliphatic heterocycles. The summed E-state index contributed by atoms with van der Waals surface area (Å²) in [4.78, 5) is 16.4. The van der Waals surface area contributed by atoms with Crippen molar-refractivity contribution in [1.29, 1.82) is 0 Å². The van der Waals surface area contributed by atoms with Crippen molar-refractivity contribution in [3.63, 3.8) is 0 Å². The Morgan fingerprint density at radius 1 is 1.17 bits per heavy atom. The molecule has 0 bridgehead atoms. The van der Waals surface area contributed by atoms with Gasteiger partial charge in [0.15, 0.2) is 16.8 Å². The number of thioether (sulfide) groups is 1. The van der Waals surface area contributed by atoms with Gasteiger partial charge in [0, 0.05) is 37.0 Å². The van der Waals surface area contributed by atoms with E-state index in [2.05, 4.69) is 20.5 Å². The summed E-state index contributed by atoms with van der Waals surface area (Å²) in [7, 11) is 1.65. The number of benzene rings is 1. The normalized spacial score (nSPS) is 10.9. The van der Waals surface area contributed by atoms with Crippen molar-refractivity contribution >= 4 is 58.3 Å². The average molecular weight is 487 g/mol. The number of hydrogen-bond donors (Lipinski definition) is 1. The first-order chi connectivity index (χ1) is 14.5. The van der Waals surface area contributed by atoms with Crippen LogP contribution < -0.4 is 5.32 Å². The van der Waals surface area contributed by atoms with E-state index in [1.54, 1.807) is 19.2 Å². The summed E-state index contributed by atoms with van der Waals surface area (Å²) in [6.07, 6.45) is 2.19. The lowest BCUT2D eigenvalue weighted by Crippen LogP contribution is -2.16. The van der Waals surface area contributed by atoms with Gasteiger partial charge in [-0.3, -0.25) is 4.79 Å². The first kappa shape index (κ1) is 22.8. The van der Waals surface area contributed by atoms with Gasteiger partial charge in [0.1, 0.15) is 0 Å². The molecule has 0 saturated heterocycles. The Hall–Kier alpha value is -1.84.